The highest BCUT2D eigenvalue weighted by atomic mass is 79.9. The van der Waals surface area contributed by atoms with Crippen LogP contribution in [0.3, 0.4) is 0 Å². The van der Waals surface area contributed by atoms with Gasteiger partial charge in [-0.25, -0.2) is 0 Å². The van der Waals surface area contributed by atoms with Crippen LogP contribution >= 0.6 is 15.9 Å². The van der Waals surface area contributed by atoms with Crippen LogP contribution in [0, 0.1) is 0 Å². The van der Waals surface area contributed by atoms with Crippen molar-refractivity contribution in [3.63, 3.8) is 0 Å². The van der Waals surface area contributed by atoms with Crippen molar-refractivity contribution in [2.45, 2.75) is 19.5 Å². The molecule has 1 aliphatic rings. The number of nitrogens with zero attached hydrogens (tertiary/aromatic N) is 1. The minimum Gasteiger partial charge on any atom is -0.507 e. The molecule has 32 heavy (non-hydrogen) atoms. The van der Waals surface area contributed by atoms with Crippen molar-refractivity contribution < 1.29 is 29.0 Å². The second-order valence-electron chi connectivity index (χ2n) is 7.17. The summed E-state index contributed by atoms with van der Waals surface area (Å²) < 4.78 is 11.7. The predicted octanol–water partition coefficient (Wildman–Crippen LogP) is 4.77. The standard InChI is InChI=1S/C24H20BrNO6/c1-2-31-19-12-15(7-10-18(19)27)21-20(22(28)14-5-8-16(25)9-6-14)23(29)24(30)26(21)13-17-4-3-11-32-17/h3-12,21,27-28H,2,13H2,1H3. The molecule has 1 aliphatic heterocycles. The Hall–Kier alpha value is -3.52. The van der Waals surface area contributed by atoms with Gasteiger partial charge in [-0.15, -0.1) is 0 Å². The van der Waals surface area contributed by atoms with Crippen molar-refractivity contribution in [3.8, 4) is 11.5 Å². The molecule has 0 aliphatic carbocycles. The van der Waals surface area contributed by atoms with Crippen LogP contribution in [0.2, 0.25) is 0 Å². The molecule has 0 saturated carbocycles. The van der Waals surface area contributed by atoms with Crippen molar-refractivity contribution in [3.05, 3.63) is 87.8 Å². The number of carbonyl (C=O) groups excluding carboxylic acids is 2. The third kappa shape index (κ3) is 4.01. The lowest BCUT2D eigenvalue weighted by Gasteiger charge is -2.25. The molecule has 4 rings (SSSR count). The minimum absolute atomic E-state index is 0.0319. The number of phenolic OH excluding ortho intramolecular Hbond substituents is 1. The fraction of sp³-hybridized carbons (Fsp3) is 0.167. The zero-order valence-corrected chi connectivity index (χ0v) is 18.7. The molecule has 0 bridgehead atoms. The molecular weight excluding hydrogens is 478 g/mol. The van der Waals surface area contributed by atoms with Crippen molar-refractivity contribution in [2.75, 3.05) is 6.61 Å². The van der Waals surface area contributed by atoms with Gasteiger partial charge in [0, 0.05) is 10.0 Å². The highest BCUT2D eigenvalue weighted by Crippen LogP contribution is 2.42. The number of likely N-dealkylation sites (tertiary alicyclic amines) is 1. The fourth-order valence-corrected chi connectivity index (χ4v) is 3.96. The Labute approximate surface area is 192 Å². The summed E-state index contributed by atoms with van der Waals surface area (Å²) >= 11 is 3.35. The number of hydrogen-bond acceptors (Lipinski definition) is 6. The van der Waals surface area contributed by atoms with Crippen LogP contribution in [0.15, 0.2) is 75.3 Å². The molecular formula is C24H20BrNO6. The molecule has 7 nitrogen and oxygen atoms in total. The number of benzene rings is 2. The minimum atomic E-state index is -0.899. The molecule has 1 unspecified atom stereocenters. The van der Waals surface area contributed by atoms with Gasteiger partial charge in [0.1, 0.15) is 11.5 Å². The van der Waals surface area contributed by atoms with E-state index in [1.807, 2.05) is 0 Å². The van der Waals surface area contributed by atoms with E-state index in [-0.39, 0.29) is 29.4 Å². The van der Waals surface area contributed by atoms with E-state index in [0.717, 1.165) is 4.47 Å². The van der Waals surface area contributed by atoms with Crippen LogP contribution in [-0.4, -0.2) is 33.4 Å². The maximum Gasteiger partial charge on any atom is 0.296 e. The number of hydrogen-bond donors (Lipinski definition) is 2. The smallest absolute Gasteiger partial charge is 0.296 e. The molecule has 1 fully saturated rings. The van der Waals surface area contributed by atoms with Gasteiger partial charge in [-0.2, -0.15) is 0 Å². The van der Waals surface area contributed by atoms with E-state index in [1.54, 1.807) is 55.5 Å². The van der Waals surface area contributed by atoms with Crippen molar-refractivity contribution in [2.24, 2.45) is 0 Å². The number of aromatic hydroxyl groups is 1. The van der Waals surface area contributed by atoms with E-state index in [4.69, 9.17) is 9.15 Å². The Morgan fingerprint density at radius 1 is 1.16 bits per heavy atom. The van der Waals surface area contributed by atoms with Crippen LogP contribution in [0.4, 0.5) is 0 Å². The largest absolute Gasteiger partial charge is 0.507 e. The number of aliphatic hydroxyl groups is 1. The summed E-state index contributed by atoms with van der Waals surface area (Å²) in [6, 6.07) is 13.9. The van der Waals surface area contributed by atoms with Crippen molar-refractivity contribution >= 4 is 33.4 Å². The Balaban J connectivity index is 1.88. The third-order valence-electron chi connectivity index (χ3n) is 5.16. The fourth-order valence-electron chi connectivity index (χ4n) is 3.70. The summed E-state index contributed by atoms with van der Waals surface area (Å²) in [6.45, 7) is 2.13. The number of furan rings is 1. The Bertz CT molecular complexity index is 1180. The highest BCUT2D eigenvalue weighted by molar-refractivity contribution is 9.10. The highest BCUT2D eigenvalue weighted by Gasteiger charge is 2.46. The van der Waals surface area contributed by atoms with Gasteiger partial charge >= 0.3 is 0 Å². The monoisotopic (exact) mass is 497 g/mol. The Morgan fingerprint density at radius 2 is 1.91 bits per heavy atom. The zero-order valence-electron chi connectivity index (χ0n) is 17.1. The van der Waals surface area contributed by atoms with Gasteiger partial charge in [0.2, 0.25) is 0 Å². The van der Waals surface area contributed by atoms with Gasteiger partial charge in [0.15, 0.2) is 11.5 Å². The van der Waals surface area contributed by atoms with Crippen LogP contribution in [0.1, 0.15) is 29.9 Å². The van der Waals surface area contributed by atoms with Crippen LogP contribution in [0.25, 0.3) is 5.76 Å². The van der Waals surface area contributed by atoms with E-state index >= 15 is 0 Å². The summed E-state index contributed by atoms with van der Waals surface area (Å²) in [7, 11) is 0. The number of Topliss-reactive ketones (excluding diaryl/α,β-unsaturated/α-hetero) is 1. The van der Waals surface area contributed by atoms with Crippen molar-refractivity contribution in [1.29, 1.82) is 0 Å². The lowest BCUT2D eigenvalue weighted by Crippen LogP contribution is -2.29. The average Bonchev–Trinajstić information content (AvgIpc) is 3.38. The summed E-state index contributed by atoms with van der Waals surface area (Å²) in [5.41, 5.74) is 0.866. The second-order valence-corrected chi connectivity index (χ2v) is 8.09. The van der Waals surface area contributed by atoms with Gasteiger partial charge in [-0.3, -0.25) is 9.59 Å². The number of ketones is 1. The normalized spacial score (nSPS) is 17.7. The molecule has 1 aromatic heterocycles. The van der Waals surface area contributed by atoms with Gasteiger partial charge in [-0.1, -0.05) is 34.1 Å². The third-order valence-corrected chi connectivity index (χ3v) is 5.69. The zero-order chi connectivity index (χ0) is 22.8. The Kier molecular flexibility index (Phi) is 6.05. The average molecular weight is 498 g/mol. The number of halogens is 1. The summed E-state index contributed by atoms with van der Waals surface area (Å²) in [6.07, 6.45) is 1.48. The number of rotatable bonds is 6. The first-order chi connectivity index (χ1) is 15.4. The van der Waals surface area contributed by atoms with Crippen LogP contribution in [0.5, 0.6) is 11.5 Å². The number of amides is 1. The molecule has 3 aromatic rings. The van der Waals surface area contributed by atoms with E-state index in [1.165, 1.54) is 17.2 Å². The van der Waals surface area contributed by atoms with Gasteiger partial charge in [-0.05, 0) is 48.9 Å². The van der Waals surface area contributed by atoms with Crippen molar-refractivity contribution in [1.82, 2.24) is 4.90 Å². The van der Waals surface area contributed by atoms with Crippen LogP contribution in [-0.2, 0) is 16.1 Å². The second kappa shape index (κ2) is 8.92. The number of phenols is 1. The topological polar surface area (TPSA) is 100 Å². The molecule has 0 radical (unpaired) electrons. The number of aliphatic hydroxyl groups excluding tert-OH is 1. The molecule has 2 N–H and O–H groups in total. The molecule has 8 heteroatoms. The molecule has 2 heterocycles. The lowest BCUT2D eigenvalue weighted by atomic mass is 9.95. The number of carbonyl (C=O) groups is 2. The summed E-state index contributed by atoms with van der Waals surface area (Å²) in [4.78, 5) is 27.4. The summed E-state index contributed by atoms with van der Waals surface area (Å²) in [5, 5.41) is 21.2. The molecule has 2 aromatic carbocycles. The summed E-state index contributed by atoms with van der Waals surface area (Å²) in [5.74, 6) is -1.19. The van der Waals surface area contributed by atoms with Crippen LogP contribution < -0.4 is 4.74 Å². The first-order valence-electron chi connectivity index (χ1n) is 9.93. The molecule has 1 saturated heterocycles. The van der Waals surface area contributed by atoms with Gasteiger partial charge in [0.05, 0.1) is 31.0 Å². The molecule has 1 atom stereocenters. The maximum absolute atomic E-state index is 13.1. The first kappa shape index (κ1) is 21.7. The van der Waals surface area contributed by atoms with Gasteiger partial charge < -0.3 is 24.3 Å². The predicted molar refractivity (Wildman–Crippen MR) is 120 cm³/mol. The van der Waals surface area contributed by atoms with E-state index in [0.29, 0.717) is 23.5 Å². The van der Waals surface area contributed by atoms with E-state index in [2.05, 4.69) is 15.9 Å². The SMILES string of the molecule is CCOc1cc(C2C(=C(O)c3ccc(Br)cc3)C(=O)C(=O)N2Cc2ccco2)ccc1O. The number of ether oxygens (including phenoxy) is 1. The maximum atomic E-state index is 13.1. The molecule has 1 amide bonds. The Morgan fingerprint density at radius 3 is 2.56 bits per heavy atom. The van der Waals surface area contributed by atoms with Gasteiger partial charge in [0.25, 0.3) is 11.7 Å². The molecule has 0 spiro atoms. The van der Waals surface area contributed by atoms with E-state index in [9.17, 15) is 19.8 Å². The lowest BCUT2D eigenvalue weighted by molar-refractivity contribution is -0.140. The first-order valence-corrected chi connectivity index (χ1v) is 10.7. The van der Waals surface area contributed by atoms with E-state index < -0.39 is 17.7 Å². The molecule has 164 valence electrons. The quantitative estimate of drug-likeness (QED) is 0.289.